The van der Waals surface area contributed by atoms with Crippen molar-refractivity contribution in [2.45, 2.75) is 0 Å². The van der Waals surface area contributed by atoms with Gasteiger partial charge in [0, 0.05) is 17.6 Å². The molecule has 0 aliphatic rings. The van der Waals surface area contributed by atoms with Gasteiger partial charge >= 0.3 is 0 Å². The molecular formula is C20H13F2N3. The smallest absolute Gasteiger partial charge is 0.126 e. The molecule has 0 unspecified atom stereocenters. The fourth-order valence-corrected chi connectivity index (χ4v) is 2.70. The second kappa shape index (κ2) is 6.28. The molecule has 0 aliphatic carbocycles. The third-order valence-electron chi connectivity index (χ3n) is 3.89. The molecule has 0 atom stereocenters. The van der Waals surface area contributed by atoms with E-state index in [9.17, 15) is 8.78 Å². The molecule has 0 aliphatic heterocycles. The standard InChI is InChI=1S/C20H13F2N3/c21-15-9-14(10-16(22)12-15)13-4-6-19-18(11-13)20(25-24-19)7-5-17-3-1-2-8-23-17/h1-12H,(H,24,25)/b7-5+. The topological polar surface area (TPSA) is 41.6 Å². The summed E-state index contributed by atoms with van der Waals surface area (Å²) in [5.41, 5.74) is 3.61. The minimum atomic E-state index is -0.599. The maximum absolute atomic E-state index is 13.5. The summed E-state index contributed by atoms with van der Waals surface area (Å²) in [7, 11) is 0. The van der Waals surface area contributed by atoms with Crippen molar-refractivity contribution in [2.75, 3.05) is 0 Å². The van der Waals surface area contributed by atoms with Crippen LogP contribution in [0.4, 0.5) is 8.78 Å². The minimum absolute atomic E-state index is 0.486. The molecule has 0 spiro atoms. The molecule has 0 saturated carbocycles. The maximum Gasteiger partial charge on any atom is 0.126 e. The number of hydrogen-bond acceptors (Lipinski definition) is 2. The number of hydrogen-bond donors (Lipinski definition) is 1. The second-order valence-electron chi connectivity index (χ2n) is 5.62. The van der Waals surface area contributed by atoms with Crippen LogP contribution in [-0.2, 0) is 0 Å². The van der Waals surface area contributed by atoms with Gasteiger partial charge in [0.2, 0.25) is 0 Å². The fourth-order valence-electron chi connectivity index (χ4n) is 2.70. The molecule has 0 radical (unpaired) electrons. The first-order valence-corrected chi connectivity index (χ1v) is 7.73. The van der Waals surface area contributed by atoms with E-state index in [1.165, 1.54) is 12.1 Å². The Hall–Kier alpha value is -3.34. The Morgan fingerprint density at radius 2 is 1.68 bits per heavy atom. The second-order valence-corrected chi connectivity index (χ2v) is 5.62. The van der Waals surface area contributed by atoms with Crippen molar-refractivity contribution in [2.24, 2.45) is 0 Å². The Morgan fingerprint density at radius 1 is 0.840 bits per heavy atom. The lowest BCUT2D eigenvalue weighted by Gasteiger charge is -2.03. The van der Waals surface area contributed by atoms with E-state index in [1.54, 1.807) is 12.3 Å². The van der Waals surface area contributed by atoms with Crippen molar-refractivity contribution >= 4 is 23.1 Å². The Labute approximate surface area is 142 Å². The molecular weight excluding hydrogens is 320 g/mol. The van der Waals surface area contributed by atoms with Crippen LogP contribution in [0.5, 0.6) is 0 Å². The van der Waals surface area contributed by atoms with Gasteiger partial charge in [0.15, 0.2) is 0 Å². The number of halogens is 2. The van der Waals surface area contributed by atoms with Crippen molar-refractivity contribution in [3.05, 3.63) is 83.8 Å². The van der Waals surface area contributed by atoms with Crippen molar-refractivity contribution in [3.63, 3.8) is 0 Å². The Morgan fingerprint density at radius 3 is 2.44 bits per heavy atom. The average Bonchev–Trinajstić information content (AvgIpc) is 3.02. The first kappa shape index (κ1) is 15.2. The van der Waals surface area contributed by atoms with Crippen LogP contribution in [0.1, 0.15) is 11.4 Å². The highest BCUT2D eigenvalue weighted by Crippen LogP contribution is 2.27. The molecule has 2 aromatic carbocycles. The number of benzene rings is 2. The predicted octanol–water partition coefficient (Wildman–Crippen LogP) is 5.07. The quantitative estimate of drug-likeness (QED) is 0.568. The van der Waals surface area contributed by atoms with E-state index in [4.69, 9.17) is 0 Å². The van der Waals surface area contributed by atoms with E-state index in [0.29, 0.717) is 5.56 Å². The van der Waals surface area contributed by atoms with E-state index in [1.807, 2.05) is 42.5 Å². The van der Waals surface area contributed by atoms with Crippen LogP contribution in [0.2, 0.25) is 0 Å². The Bertz CT molecular complexity index is 1050. The van der Waals surface area contributed by atoms with E-state index in [0.717, 1.165) is 33.9 Å². The highest BCUT2D eigenvalue weighted by molar-refractivity contribution is 5.92. The number of nitrogens with zero attached hydrogens (tertiary/aromatic N) is 2. The number of aromatic amines is 1. The lowest BCUT2D eigenvalue weighted by atomic mass is 10.0. The van der Waals surface area contributed by atoms with Crippen LogP contribution < -0.4 is 0 Å². The summed E-state index contributed by atoms with van der Waals surface area (Å²) >= 11 is 0. The van der Waals surface area contributed by atoms with Crippen LogP contribution >= 0.6 is 0 Å². The summed E-state index contributed by atoms with van der Waals surface area (Å²) in [5.74, 6) is -1.20. The van der Waals surface area contributed by atoms with E-state index < -0.39 is 11.6 Å². The van der Waals surface area contributed by atoms with Crippen molar-refractivity contribution in [1.29, 1.82) is 0 Å². The first-order chi connectivity index (χ1) is 12.2. The molecule has 0 fully saturated rings. The number of rotatable bonds is 3. The SMILES string of the molecule is Fc1cc(F)cc(-c2ccc3[nH]nc(/C=C/c4ccccn4)c3c2)c1. The molecule has 3 nitrogen and oxygen atoms in total. The third-order valence-corrected chi connectivity index (χ3v) is 3.89. The van der Waals surface area contributed by atoms with Crippen molar-refractivity contribution in [3.8, 4) is 11.1 Å². The summed E-state index contributed by atoms with van der Waals surface area (Å²) in [4.78, 5) is 4.23. The van der Waals surface area contributed by atoms with E-state index in [-0.39, 0.29) is 0 Å². The van der Waals surface area contributed by atoms with Crippen LogP contribution in [0.25, 0.3) is 34.2 Å². The number of H-pyrrole nitrogens is 1. The minimum Gasteiger partial charge on any atom is -0.277 e. The van der Waals surface area contributed by atoms with Crippen LogP contribution in [0.3, 0.4) is 0 Å². The molecule has 4 rings (SSSR count). The Kier molecular flexibility index (Phi) is 3.82. The molecule has 122 valence electrons. The number of aromatic nitrogens is 3. The first-order valence-electron chi connectivity index (χ1n) is 7.73. The number of fused-ring (bicyclic) bond motifs is 1. The van der Waals surface area contributed by atoms with Gasteiger partial charge in [-0.05, 0) is 59.7 Å². The van der Waals surface area contributed by atoms with Gasteiger partial charge in [-0.3, -0.25) is 10.1 Å². The van der Waals surface area contributed by atoms with E-state index >= 15 is 0 Å². The molecule has 0 bridgehead atoms. The summed E-state index contributed by atoms with van der Waals surface area (Å²) in [5, 5.41) is 8.12. The number of nitrogens with one attached hydrogen (secondary N) is 1. The van der Waals surface area contributed by atoms with Crippen LogP contribution in [-0.4, -0.2) is 15.2 Å². The zero-order chi connectivity index (χ0) is 17.2. The molecule has 0 amide bonds. The summed E-state index contributed by atoms with van der Waals surface area (Å²) < 4.78 is 27.0. The zero-order valence-electron chi connectivity index (χ0n) is 13.1. The molecule has 25 heavy (non-hydrogen) atoms. The van der Waals surface area contributed by atoms with Gasteiger partial charge in [-0.1, -0.05) is 12.1 Å². The lowest BCUT2D eigenvalue weighted by Crippen LogP contribution is -1.84. The average molecular weight is 333 g/mol. The lowest BCUT2D eigenvalue weighted by molar-refractivity contribution is 0.584. The monoisotopic (exact) mass is 333 g/mol. The molecule has 2 aromatic heterocycles. The summed E-state index contributed by atoms with van der Waals surface area (Å²) in [6.45, 7) is 0. The third kappa shape index (κ3) is 3.17. The normalized spacial score (nSPS) is 11.4. The maximum atomic E-state index is 13.5. The van der Waals surface area contributed by atoms with Crippen molar-refractivity contribution in [1.82, 2.24) is 15.2 Å². The van der Waals surface area contributed by atoms with Gasteiger partial charge in [0.1, 0.15) is 11.6 Å². The highest BCUT2D eigenvalue weighted by Gasteiger charge is 2.08. The molecule has 2 heterocycles. The highest BCUT2D eigenvalue weighted by atomic mass is 19.1. The molecule has 0 saturated heterocycles. The predicted molar refractivity (Wildman–Crippen MR) is 94.6 cm³/mol. The fraction of sp³-hybridized carbons (Fsp3) is 0. The zero-order valence-corrected chi connectivity index (χ0v) is 13.1. The summed E-state index contributed by atoms with van der Waals surface area (Å²) in [6.07, 6.45) is 5.44. The van der Waals surface area contributed by atoms with E-state index in [2.05, 4.69) is 15.2 Å². The van der Waals surface area contributed by atoms with Crippen LogP contribution in [0, 0.1) is 11.6 Å². The van der Waals surface area contributed by atoms with Crippen LogP contribution in [0.15, 0.2) is 60.8 Å². The van der Waals surface area contributed by atoms with Gasteiger partial charge < -0.3 is 0 Å². The molecule has 1 N–H and O–H groups in total. The van der Waals surface area contributed by atoms with Gasteiger partial charge in [0.05, 0.1) is 16.9 Å². The number of pyridine rings is 1. The Balaban J connectivity index is 1.76. The summed E-state index contributed by atoms with van der Waals surface area (Å²) in [6, 6.07) is 14.7. The largest absolute Gasteiger partial charge is 0.277 e. The van der Waals surface area contributed by atoms with Gasteiger partial charge in [-0.2, -0.15) is 5.10 Å². The van der Waals surface area contributed by atoms with Crippen molar-refractivity contribution < 1.29 is 8.78 Å². The molecule has 5 heteroatoms. The van der Waals surface area contributed by atoms with Gasteiger partial charge in [-0.15, -0.1) is 0 Å². The van der Waals surface area contributed by atoms with Gasteiger partial charge in [-0.25, -0.2) is 8.78 Å². The molecule has 4 aromatic rings. The van der Waals surface area contributed by atoms with Gasteiger partial charge in [0.25, 0.3) is 0 Å².